The van der Waals surface area contributed by atoms with Crippen molar-refractivity contribution in [2.24, 2.45) is 5.41 Å². The maximum atomic E-state index is 13.2. The molecule has 4 heterocycles. The second-order valence-electron chi connectivity index (χ2n) is 8.98. The standard InChI is InChI=1S/C24H32N4O4/c1-18-16-20(26-25-18)23(31)27-11-5-4-8-24(17-29)9-12-28(13-10-24)22(30)19-6-2-3-7-21(19)32-15-14-27/h2-3,6-7,16,29H,4-5,8-15,17H2,1H3,(H,25,26). The Bertz CT molecular complexity index is 949. The van der Waals surface area contributed by atoms with Gasteiger partial charge in [-0.15, -0.1) is 0 Å². The zero-order valence-corrected chi connectivity index (χ0v) is 18.7. The molecule has 0 spiro atoms. The van der Waals surface area contributed by atoms with Crippen LogP contribution in [0, 0.1) is 12.3 Å². The van der Waals surface area contributed by atoms with Crippen molar-refractivity contribution in [3.8, 4) is 5.75 Å². The first kappa shape index (κ1) is 22.3. The average molecular weight is 441 g/mol. The van der Waals surface area contributed by atoms with Crippen molar-refractivity contribution in [1.82, 2.24) is 20.0 Å². The van der Waals surface area contributed by atoms with E-state index in [1.165, 1.54) is 0 Å². The summed E-state index contributed by atoms with van der Waals surface area (Å²) in [7, 11) is 0. The molecule has 0 radical (unpaired) electrons. The summed E-state index contributed by atoms with van der Waals surface area (Å²) >= 11 is 0. The van der Waals surface area contributed by atoms with Crippen molar-refractivity contribution >= 4 is 11.8 Å². The number of H-pyrrole nitrogens is 1. The van der Waals surface area contributed by atoms with Crippen molar-refractivity contribution in [1.29, 1.82) is 0 Å². The highest BCUT2D eigenvalue weighted by Crippen LogP contribution is 2.37. The monoisotopic (exact) mass is 440 g/mol. The summed E-state index contributed by atoms with van der Waals surface area (Å²) in [4.78, 5) is 29.9. The number of rotatable bonds is 2. The molecule has 32 heavy (non-hydrogen) atoms. The molecule has 172 valence electrons. The quantitative estimate of drug-likeness (QED) is 0.748. The van der Waals surface area contributed by atoms with E-state index in [0.29, 0.717) is 49.8 Å². The number of carbonyl (C=O) groups excluding carboxylic acids is 2. The average Bonchev–Trinajstić information content (AvgIpc) is 3.26. The van der Waals surface area contributed by atoms with Crippen molar-refractivity contribution in [2.75, 3.05) is 39.4 Å². The predicted molar refractivity (Wildman–Crippen MR) is 120 cm³/mol. The fourth-order valence-electron chi connectivity index (χ4n) is 4.68. The van der Waals surface area contributed by atoms with Gasteiger partial charge in [-0.05, 0) is 56.2 Å². The van der Waals surface area contributed by atoms with E-state index >= 15 is 0 Å². The van der Waals surface area contributed by atoms with E-state index in [2.05, 4.69) is 10.2 Å². The zero-order valence-electron chi connectivity index (χ0n) is 18.7. The van der Waals surface area contributed by atoms with E-state index in [9.17, 15) is 14.7 Å². The number of fused-ring (bicyclic) bond motifs is 9. The number of amides is 2. The van der Waals surface area contributed by atoms with Crippen LogP contribution in [0.1, 0.15) is 58.6 Å². The predicted octanol–water partition coefficient (Wildman–Crippen LogP) is 2.64. The van der Waals surface area contributed by atoms with Gasteiger partial charge in [0.15, 0.2) is 0 Å². The second-order valence-corrected chi connectivity index (χ2v) is 8.98. The molecular formula is C24H32N4O4. The van der Waals surface area contributed by atoms with Crippen LogP contribution in [0.2, 0.25) is 0 Å². The lowest BCUT2D eigenvalue weighted by Gasteiger charge is -2.41. The third-order valence-corrected chi connectivity index (χ3v) is 6.78. The molecule has 0 atom stereocenters. The Morgan fingerprint density at radius 2 is 1.94 bits per heavy atom. The number of ether oxygens (including phenoxy) is 1. The molecule has 5 rings (SSSR count). The normalized spacial score (nSPS) is 19.6. The third-order valence-electron chi connectivity index (χ3n) is 6.78. The second kappa shape index (κ2) is 9.73. The van der Waals surface area contributed by atoms with Crippen LogP contribution in [-0.4, -0.2) is 76.3 Å². The number of benzene rings is 1. The number of aromatic nitrogens is 2. The molecular weight excluding hydrogens is 408 g/mol. The van der Waals surface area contributed by atoms with Crippen LogP contribution in [0.4, 0.5) is 0 Å². The number of carbonyl (C=O) groups is 2. The summed E-state index contributed by atoms with van der Waals surface area (Å²) in [5.41, 5.74) is 1.63. The zero-order chi connectivity index (χ0) is 22.6. The van der Waals surface area contributed by atoms with E-state index in [-0.39, 0.29) is 23.8 Å². The minimum atomic E-state index is -0.152. The molecule has 8 nitrogen and oxygen atoms in total. The van der Waals surface area contributed by atoms with Gasteiger partial charge in [0.25, 0.3) is 11.8 Å². The van der Waals surface area contributed by atoms with Crippen LogP contribution in [0.15, 0.2) is 30.3 Å². The molecule has 0 unspecified atom stereocenters. The van der Waals surface area contributed by atoms with E-state index < -0.39 is 0 Å². The molecule has 1 aromatic heterocycles. The van der Waals surface area contributed by atoms with Gasteiger partial charge in [0.1, 0.15) is 18.1 Å². The molecule has 1 aromatic carbocycles. The van der Waals surface area contributed by atoms with Crippen molar-refractivity contribution in [2.45, 2.75) is 39.0 Å². The lowest BCUT2D eigenvalue weighted by molar-refractivity contribution is 0.0297. The number of piperidine rings is 1. The largest absolute Gasteiger partial charge is 0.491 e. The van der Waals surface area contributed by atoms with Crippen LogP contribution in [0.3, 0.4) is 0 Å². The van der Waals surface area contributed by atoms with Crippen molar-refractivity contribution < 1.29 is 19.4 Å². The molecule has 1 saturated heterocycles. The van der Waals surface area contributed by atoms with Crippen molar-refractivity contribution in [3.05, 3.63) is 47.3 Å². The molecule has 2 N–H and O–H groups in total. The van der Waals surface area contributed by atoms with Crippen molar-refractivity contribution in [3.63, 3.8) is 0 Å². The number of aliphatic hydroxyl groups excluding tert-OH is 1. The lowest BCUT2D eigenvalue weighted by Crippen LogP contribution is -2.44. The summed E-state index contributed by atoms with van der Waals surface area (Å²) in [5, 5.41) is 17.1. The van der Waals surface area contributed by atoms with Crippen LogP contribution in [0.25, 0.3) is 0 Å². The van der Waals surface area contributed by atoms with Crippen LogP contribution >= 0.6 is 0 Å². The Hall–Kier alpha value is -2.87. The molecule has 0 aliphatic carbocycles. The summed E-state index contributed by atoms with van der Waals surface area (Å²) < 4.78 is 5.99. The van der Waals surface area contributed by atoms with Gasteiger partial charge in [0.2, 0.25) is 0 Å². The minimum absolute atomic E-state index is 0.0399. The number of aryl methyl sites for hydroxylation is 1. The summed E-state index contributed by atoms with van der Waals surface area (Å²) in [5.74, 6) is 0.367. The number of hydrogen-bond acceptors (Lipinski definition) is 5. The van der Waals surface area contributed by atoms with Crippen LogP contribution in [-0.2, 0) is 0 Å². The fourth-order valence-corrected chi connectivity index (χ4v) is 4.68. The van der Waals surface area contributed by atoms with Gasteiger partial charge in [0, 0.05) is 31.9 Å². The summed E-state index contributed by atoms with van der Waals surface area (Å²) in [6.45, 7) is 4.56. The molecule has 3 aliphatic rings. The molecule has 8 heteroatoms. The summed E-state index contributed by atoms with van der Waals surface area (Å²) in [6.07, 6.45) is 4.22. The van der Waals surface area contributed by atoms with Gasteiger partial charge in [-0.25, -0.2) is 0 Å². The van der Waals surface area contributed by atoms with E-state index in [1.807, 2.05) is 24.0 Å². The van der Waals surface area contributed by atoms with Crippen LogP contribution in [0.5, 0.6) is 5.75 Å². The third kappa shape index (κ3) is 4.80. The minimum Gasteiger partial charge on any atom is -0.491 e. The molecule has 2 bridgehead atoms. The number of hydrogen-bond donors (Lipinski definition) is 2. The fraction of sp³-hybridized carbons (Fsp3) is 0.542. The van der Waals surface area contributed by atoms with Gasteiger partial charge in [-0.1, -0.05) is 18.6 Å². The van der Waals surface area contributed by atoms with Gasteiger partial charge >= 0.3 is 0 Å². The molecule has 1 fully saturated rings. The highest BCUT2D eigenvalue weighted by atomic mass is 16.5. The number of para-hydroxylation sites is 1. The highest BCUT2D eigenvalue weighted by molar-refractivity contribution is 5.97. The van der Waals surface area contributed by atoms with Gasteiger partial charge in [0.05, 0.1) is 12.1 Å². The number of aromatic amines is 1. The van der Waals surface area contributed by atoms with Gasteiger partial charge in [-0.2, -0.15) is 5.10 Å². The number of aliphatic hydroxyl groups is 1. The first-order chi connectivity index (χ1) is 15.5. The lowest BCUT2D eigenvalue weighted by atomic mass is 9.75. The number of nitrogens with zero attached hydrogens (tertiary/aromatic N) is 3. The highest BCUT2D eigenvalue weighted by Gasteiger charge is 2.36. The summed E-state index contributed by atoms with van der Waals surface area (Å²) in [6, 6.07) is 9.03. The Balaban J connectivity index is 1.57. The Morgan fingerprint density at radius 3 is 2.66 bits per heavy atom. The van der Waals surface area contributed by atoms with Crippen LogP contribution < -0.4 is 4.74 Å². The smallest absolute Gasteiger partial charge is 0.274 e. The molecule has 0 saturated carbocycles. The maximum absolute atomic E-state index is 13.2. The first-order valence-corrected chi connectivity index (χ1v) is 11.4. The van der Waals surface area contributed by atoms with E-state index in [1.54, 1.807) is 23.1 Å². The van der Waals surface area contributed by atoms with E-state index in [0.717, 1.165) is 37.8 Å². The molecule has 2 amide bonds. The van der Waals surface area contributed by atoms with Gasteiger partial charge < -0.3 is 19.6 Å². The molecule has 3 aliphatic heterocycles. The Morgan fingerprint density at radius 1 is 1.16 bits per heavy atom. The van der Waals surface area contributed by atoms with E-state index in [4.69, 9.17) is 4.74 Å². The molecule has 2 aromatic rings. The van der Waals surface area contributed by atoms with Gasteiger partial charge in [-0.3, -0.25) is 14.7 Å². The Kier molecular flexibility index (Phi) is 6.79. The maximum Gasteiger partial charge on any atom is 0.274 e. The topological polar surface area (TPSA) is 98.8 Å². The number of nitrogens with one attached hydrogen (secondary N) is 1. The first-order valence-electron chi connectivity index (χ1n) is 11.4. The Labute approximate surface area is 188 Å². The SMILES string of the molecule is Cc1cc(C(=O)N2CCCCC3(CO)CCN(CC3)C(=O)c3ccccc3OCC2)n[nH]1.